The highest BCUT2D eigenvalue weighted by Crippen LogP contribution is 2.41. The van der Waals surface area contributed by atoms with Crippen molar-refractivity contribution in [2.75, 3.05) is 26.4 Å². The van der Waals surface area contributed by atoms with Crippen LogP contribution in [0.2, 0.25) is 0 Å². The van der Waals surface area contributed by atoms with Crippen molar-refractivity contribution >= 4 is 0 Å². The first-order valence-electron chi connectivity index (χ1n) is 14.6. The molecule has 0 saturated carbocycles. The van der Waals surface area contributed by atoms with Gasteiger partial charge in [0, 0.05) is 6.42 Å². The number of hydrogen-bond donors (Lipinski definition) is 0. The minimum atomic E-state index is -1.37. The fraction of sp³-hybridized carbons (Fsp3) is 1.00. The maximum absolute atomic E-state index is 6.67. The van der Waals surface area contributed by atoms with E-state index in [1.54, 1.807) is 0 Å². The van der Waals surface area contributed by atoms with Crippen molar-refractivity contribution in [2.45, 2.75) is 157 Å². The molecule has 0 fully saturated rings. The van der Waals surface area contributed by atoms with Crippen molar-refractivity contribution in [3.8, 4) is 0 Å². The topological polar surface area (TPSA) is 77.7 Å². The zero-order valence-electron chi connectivity index (χ0n) is 24.7. The number of rotatable bonds is 25. The summed E-state index contributed by atoms with van der Waals surface area (Å²) in [4.78, 5) is 0. The molecule has 0 spiro atoms. The van der Waals surface area contributed by atoms with Crippen LogP contribution >= 0.6 is 0 Å². The summed E-state index contributed by atoms with van der Waals surface area (Å²) in [7, 11) is 0. The van der Waals surface area contributed by atoms with Gasteiger partial charge in [-0.25, -0.2) is 0 Å². The van der Waals surface area contributed by atoms with Crippen LogP contribution in [0.25, 0.3) is 0 Å². The van der Waals surface area contributed by atoms with Crippen LogP contribution in [0, 0.1) is 5.92 Å². The Kier molecular flexibility index (Phi) is 24.2. The maximum atomic E-state index is 6.67. The Bertz CT molecular complexity index is 433. The molecule has 0 aliphatic rings. The van der Waals surface area contributed by atoms with Crippen molar-refractivity contribution in [1.29, 1.82) is 0 Å². The Labute approximate surface area is 218 Å². The molecule has 0 heterocycles. The number of unbranched alkanes of at least 4 members (excludes halogenated alkanes) is 8. The lowest BCUT2D eigenvalue weighted by atomic mass is 10.0. The molecule has 0 aromatic rings. The predicted molar refractivity (Wildman–Crippen MR) is 147 cm³/mol. The van der Waals surface area contributed by atoms with Crippen molar-refractivity contribution < 1.29 is 29.2 Å². The van der Waals surface area contributed by atoms with Gasteiger partial charge >= 0.3 is 5.97 Å². The fourth-order valence-electron chi connectivity index (χ4n) is 3.87. The molecule has 214 valence electrons. The van der Waals surface area contributed by atoms with Gasteiger partial charge in [-0.2, -0.15) is 0 Å². The van der Waals surface area contributed by atoms with Gasteiger partial charge in [-0.05, 0) is 45.4 Å². The molecule has 2 N–H and O–H groups in total. The van der Waals surface area contributed by atoms with Gasteiger partial charge in [0.25, 0.3) is 5.79 Å². The Hall–Kier alpha value is -0.240. The zero-order valence-corrected chi connectivity index (χ0v) is 24.7. The third kappa shape index (κ3) is 15.6. The van der Waals surface area contributed by atoms with E-state index >= 15 is 0 Å². The van der Waals surface area contributed by atoms with Crippen molar-refractivity contribution in [3.05, 3.63) is 0 Å². The molecule has 6 nitrogen and oxygen atoms in total. The van der Waals surface area contributed by atoms with Gasteiger partial charge in [0.1, 0.15) is 0 Å². The lowest BCUT2D eigenvalue weighted by Gasteiger charge is -2.48. The second kappa shape index (κ2) is 22.9. The first kappa shape index (κ1) is 36.9. The first-order valence-corrected chi connectivity index (χ1v) is 14.6. The van der Waals surface area contributed by atoms with Crippen LogP contribution in [0.4, 0.5) is 0 Å². The average molecular weight is 507 g/mol. The highest BCUT2D eigenvalue weighted by Gasteiger charge is 2.59. The van der Waals surface area contributed by atoms with Gasteiger partial charge in [0.15, 0.2) is 0 Å². The van der Waals surface area contributed by atoms with Gasteiger partial charge in [0.05, 0.1) is 32.5 Å². The van der Waals surface area contributed by atoms with Crippen LogP contribution in [0.15, 0.2) is 0 Å². The zero-order chi connectivity index (χ0) is 25.7. The van der Waals surface area contributed by atoms with E-state index in [0.717, 1.165) is 64.2 Å². The van der Waals surface area contributed by atoms with E-state index in [9.17, 15) is 0 Å². The van der Waals surface area contributed by atoms with Crippen LogP contribution in [0.1, 0.15) is 139 Å². The molecule has 0 saturated heterocycles. The van der Waals surface area contributed by atoms with Gasteiger partial charge in [-0.1, -0.05) is 92.9 Å². The standard InChI is InChI=1S/C29H60O5.H2O/c1-9-13-17-20-24-32-29(33-25-26(5)6,31-23-19-15-11-3)28(34-27(7)8,21-18-14-10-2)30-22-16-12-4;/h26-27H,9-25H2,1-8H3;1H2. The van der Waals surface area contributed by atoms with Gasteiger partial charge in [-0.3, -0.25) is 0 Å². The highest BCUT2D eigenvalue weighted by molar-refractivity contribution is 4.85. The lowest BCUT2D eigenvalue weighted by Crippen LogP contribution is -2.64. The number of hydrogen-bond acceptors (Lipinski definition) is 5. The smallest absolute Gasteiger partial charge is 0.340 e. The maximum Gasteiger partial charge on any atom is 0.340 e. The van der Waals surface area contributed by atoms with Crippen molar-refractivity contribution in [2.24, 2.45) is 5.92 Å². The molecule has 0 aliphatic heterocycles. The molecule has 35 heavy (non-hydrogen) atoms. The largest absolute Gasteiger partial charge is 0.412 e. The molecular formula is C29H62O6. The van der Waals surface area contributed by atoms with Crippen LogP contribution in [-0.4, -0.2) is 49.8 Å². The summed E-state index contributed by atoms with van der Waals surface area (Å²) in [5.74, 6) is -2.13. The number of ether oxygens (including phenoxy) is 5. The van der Waals surface area contributed by atoms with Crippen LogP contribution in [0.5, 0.6) is 0 Å². The van der Waals surface area contributed by atoms with E-state index in [-0.39, 0.29) is 11.6 Å². The third-order valence-corrected chi connectivity index (χ3v) is 5.77. The molecule has 2 atom stereocenters. The Balaban J connectivity index is 0. The SMILES string of the molecule is CCCCCCOC(OCCCCC)(OCC(C)C)C(CCCCC)(OCCCC)OC(C)C.O. The Morgan fingerprint density at radius 1 is 0.543 bits per heavy atom. The molecule has 0 aromatic heterocycles. The minimum Gasteiger partial charge on any atom is -0.412 e. The third-order valence-electron chi connectivity index (χ3n) is 5.77. The molecule has 0 rings (SSSR count). The molecule has 0 amide bonds. The molecule has 0 aromatic carbocycles. The lowest BCUT2D eigenvalue weighted by molar-refractivity contribution is -0.505. The summed E-state index contributed by atoms with van der Waals surface area (Å²) < 4.78 is 33.2. The molecule has 0 radical (unpaired) electrons. The Morgan fingerprint density at radius 3 is 1.54 bits per heavy atom. The predicted octanol–water partition coefficient (Wildman–Crippen LogP) is 7.81. The van der Waals surface area contributed by atoms with E-state index in [4.69, 9.17) is 23.7 Å². The quantitative estimate of drug-likeness (QED) is 0.0932. The summed E-state index contributed by atoms with van der Waals surface area (Å²) in [6.07, 6.45) is 13.6. The highest BCUT2D eigenvalue weighted by atomic mass is 16.9. The van der Waals surface area contributed by atoms with E-state index in [0.29, 0.717) is 38.8 Å². The Morgan fingerprint density at radius 2 is 1.03 bits per heavy atom. The van der Waals surface area contributed by atoms with E-state index < -0.39 is 11.8 Å². The van der Waals surface area contributed by atoms with Gasteiger partial charge in [0.2, 0.25) is 0 Å². The molecule has 0 aliphatic carbocycles. The van der Waals surface area contributed by atoms with Crippen molar-refractivity contribution in [3.63, 3.8) is 0 Å². The average Bonchev–Trinajstić information content (AvgIpc) is 2.79. The molecule has 0 bridgehead atoms. The molecular weight excluding hydrogens is 444 g/mol. The molecule has 2 unspecified atom stereocenters. The van der Waals surface area contributed by atoms with Crippen LogP contribution in [0.3, 0.4) is 0 Å². The first-order chi connectivity index (χ1) is 16.3. The summed E-state index contributed by atoms with van der Waals surface area (Å²) >= 11 is 0. The summed E-state index contributed by atoms with van der Waals surface area (Å²) in [5.41, 5.74) is 0. The molecule has 6 heteroatoms. The van der Waals surface area contributed by atoms with Crippen LogP contribution < -0.4 is 0 Å². The summed E-state index contributed by atoms with van der Waals surface area (Å²) in [6, 6.07) is 0. The fourth-order valence-corrected chi connectivity index (χ4v) is 3.87. The van der Waals surface area contributed by atoms with Gasteiger partial charge < -0.3 is 29.2 Å². The minimum absolute atomic E-state index is 0. The summed E-state index contributed by atoms with van der Waals surface area (Å²) in [6.45, 7) is 19.5. The van der Waals surface area contributed by atoms with E-state index in [2.05, 4.69) is 55.4 Å². The second-order valence-corrected chi connectivity index (χ2v) is 10.3. The monoisotopic (exact) mass is 506 g/mol. The van der Waals surface area contributed by atoms with Crippen molar-refractivity contribution in [1.82, 2.24) is 0 Å². The van der Waals surface area contributed by atoms with Gasteiger partial charge in [-0.15, -0.1) is 0 Å². The summed E-state index contributed by atoms with van der Waals surface area (Å²) in [5, 5.41) is 0. The normalized spacial score (nSPS) is 15.3. The van der Waals surface area contributed by atoms with E-state index in [1.807, 2.05) is 0 Å². The van der Waals surface area contributed by atoms with E-state index in [1.165, 1.54) is 12.8 Å². The van der Waals surface area contributed by atoms with Crippen LogP contribution in [-0.2, 0) is 23.7 Å². The second-order valence-electron chi connectivity index (χ2n) is 10.3.